The summed E-state index contributed by atoms with van der Waals surface area (Å²) in [6.07, 6.45) is 2.18. The molecule has 1 aliphatic heterocycles. The lowest BCUT2D eigenvalue weighted by Gasteiger charge is -2.43. The Balaban J connectivity index is 0.00000104. The molecular formula is C25H34FNO2. The second-order valence-corrected chi connectivity index (χ2v) is 7.92. The second kappa shape index (κ2) is 9.53. The molecule has 3 nitrogen and oxygen atoms in total. The molecule has 2 fully saturated rings. The largest absolute Gasteiger partial charge is 0.493 e. The van der Waals surface area contributed by atoms with Crippen LogP contribution in [0.3, 0.4) is 0 Å². The number of carbonyl (C=O) groups is 1. The fourth-order valence-electron chi connectivity index (χ4n) is 3.86. The molecule has 0 radical (unpaired) electrons. The lowest BCUT2D eigenvalue weighted by Crippen LogP contribution is -2.50. The van der Waals surface area contributed by atoms with Crippen LogP contribution < -0.4 is 4.74 Å². The van der Waals surface area contributed by atoms with Crippen molar-refractivity contribution in [1.29, 1.82) is 0 Å². The Kier molecular flexibility index (Phi) is 7.07. The summed E-state index contributed by atoms with van der Waals surface area (Å²) in [6.45, 7) is 10.2. The summed E-state index contributed by atoms with van der Waals surface area (Å²) in [5, 5.41) is 0. The highest BCUT2D eigenvalue weighted by molar-refractivity contribution is 5.94. The van der Waals surface area contributed by atoms with Crippen molar-refractivity contribution in [1.82, 2.24) is 4.90 Å². The summed E-state index contributed by atoms with van der Waals surface area (Å²) in [4.78, 5) is 14.1. The minimum atomic E-state index is -0.477. The van der Waals surface area contributed by atoms with Crippen LogP contribution in [0.5, 0.6) is 5.75 Å². The first-order valence-electron chi connectivity index (χ1n) is 10.8. The Labute approximate surface area is 175 Å². The predicted molar refractivity (Wildman–Crippen MR) is 117 cm³/mol. The van der Waals surface area contributed by atoms with Gasteiger partial charge < -0.3 is 4.74 Å². The molecule has 4 heteroatoms. The van der Waals surface area contributed by atoms with Crippen molar-refractivity contribution in [2.45, 2.75) is 52.5 Å². The Bertz CT molecular complexity index is 833. The van der Waals surface area contributed by atoms with Gasteiger partial charge in [0.1, 0.15) is 11.6 Å². The van der Waals surface area contributed by atoms with E-state index in [-0.39, 0.29) is 12.8 Å². The van der Waals surface area contributed by atoms with Crippen LogP contribution in [0.15, 0.2) is 42.5 Å². The maximum Gasteiger partial charge on any atom is 0.162 e. The van der Waals surface area contributed by atoms with Crippen molar-refractivity contribution in [2.24, 2.45) is 5.92 Å². The molecule has 0 spiro atoms. The van der Waals surface area contributed by atoms with E-state index in [1.807, 2.05) is 19.9 Å². The molecular weight excluding hydrogens is 365 g/mol. The van der Waals surface area contributed by atoms with Crippen LogP contribution in [0.4, 0.5) is 4.39 Å². The quantitative estimate of drug-likeness (QED) is 0.515. The van der Waals surface area contributed by atoms with Crippen molar-refractivity contribution < 1.29 is 15.3 Å². The first kappa shape index (κ1) is 21.5. The molecule has 1 saturated carbocycles. The molecule has 0 N–H and O–H groups in total. The van der Waals surface area contributed by atoms with Gasteiger partial charge >= 0.3 is 0 Å². The van der Waals surface area contributed by atoms with Gasteiger partial charge in [-0.15, -0.1) is 0 Å². The van der Waals surface area contributed by atoms with Crippen molar-refractivity contribution in [3.8, 4) is 5.75 Å². The summed E-state index contributed by atoms with van der Waals surface area (Å²) in [7, 11) is 0. The summed E-state index contributed by atoms with van der Waals surface area (Å²) in [5.41, 5.74) is 2.50. The number of likely N-dealkylation sites (tertiary alicyclic amines) is 1. The first-order chi connectivity index (χ1) is 14.0. The van der Waals surface area contributed by atoms with Crippen molar-refractivity contribution in [2.75, 3.05) is 19.7 Å². The minimum Gasteiger partial charge on any atom is -0.493 e. The number of ether oxygens (including phenoxy) is 1. The molecule has 1 heterocycles. The number of Topliss-reactive ketones (excluding diaryl/α,β-unsaturated/α-hetero) is 1. The fraction of sp³-hybridized carbons (Fsp3) is 0.480. The fourth-order valence-corrected chi connectivity index (χ4v) is 3.86. The third-order valence-electron chi connectivity index (χ3n) is 5.79. The van der Waals surface area contributed by atoms with Crippen LogP contribution >= 0.6 is 0 Å². The van der Waals surface area contributed by atoms with E-state index in [0.29, 0.717) is 30.2 Å². The van der Waals surface area contributed by atoms with Crippen LogP contribution in [0.1, 0.15) is 75.4 Å². The summed E-state index contributed by atoms with van der Waals surface area (Å²) >= 11 is 0. The Hall–Kier alpha value is -2.20. The van der Waals surface area contributed by atoms with Gasteiger partial charge in [0.15, 0.2) is 5.78 Å². The van der Waals surface area contributed by atoms with Gasteiger partial charge in [0.2, 0.25) is 0 Å². The Morgan fingerprint density at radius 1 is 1.21 bits per heavy atom. The molecule has 1 saturated heterocycles. The van der Waals surface area contributed by atoms with Crippen LogP contribution in [0.25, 0.3) is 0 Å². The third-order valence-corrected chi connectivity index (χ3v) is 5.79. The minimum absolute atomic E-state index is 0. The highest BCUT2D eigenvalue weighted by Crippen LogP contribution is 2.45. The number of nitrogens with zero attached hydrogens (tertiary/aromatic N) is 1. The van der Waals surface area contributed by atoms with Gasteiger partial charge in [0.25, 0.3) is 0 Å². The molecule has 29 heavy (non-hydrogen) atoms. The number of halogens is 1. The molecule has 4 rings (SSSR count). The number of hydrogen-bond donors (Lipinski definition) is 0. The van der Waals surface area contributed by atoms with Crippen molar-refractivity contribution in [3.05, 3.63) is 65.0 Å². The van der Waals surface area contributed by atoms with E-state index in [2.05, 4.69) is 36.1 Å². The van der Waals surface area contributed by atoms with Crippen molar-refractivity contribution in [3.63, 3.8) is 0 Å². The highest BCUT2D eigenvalue weighted by atomic mass is 19.1. The van der Waals surface area contributed by atoms with Gasteiger partial charge in [-0.05, 0) is 49.8 Å². The number of benzene rings is 2. The van der Waals surface area contributed by atoms with Crippen LogP contribution in [-0.2, 0) is 0 Å². The summed E-state index contributed by atoms with van der Waals surface area (Å²) < 4.78 is 20.2. The molecule has 1 atom stereocenters. The van der Waals surface area contributed by atoms with E-state index < -0.39 is 5.82 Å². The molecule has 158 valence electrons. The van der Waals surface area contributed by atoms with Crippen LogP contribution in [0, 0.1) is 11.7 Å². The maximum atomic E-state index is 14.2. The Morgan fingerprint density at radius 2 is 1.86 bits per heavy atom. The molecule has 2 aromatic rings. The zero-order valence-electron chi connectivity index (χ0n) is 18.0. The molecule has 2 aliphatic rings. The lowest BCUT2D eigenvalue weighted by atomic mass is 9.96. The smallest absolute Gasteiger partial charge is 0.162 e. The lowest BCUT2D eigenvalue weighted by molar-refractivity contribution is 0.0307. The monoisotopic (exact) mass is 399 g/mol. The standard InChI is InChI=1S/C23H26FNO2.C2H6.H2/c1-15(18-6-4-3-5-7-18)25-12-17(13-25)14-27-23-11-22(24)20(16(2)26)10-21(23)19-8-9-19;1-2;/h3-7,10-11,15,17,19H,8-9,12-14H2,1-2H3;1-2H3;1H/t15-;;/m0../s1. The molecule has 0 unspecified atom stereocenters. The zero-order chi connectivity index (χ0) is 21.0. The number of carbonyl (C=O) groups excluding carboxylic acids is 1. The summed E-state index contributed by atoms with van der Waals surface area (Å²) in [6, 6.07) is 14.0. The number of hydrogen-bond acceptors (Lipinski definition) is 3. The summed E-state index contributed by atoms with van der Waals surface area (Å²) in [5.74, 6) is 0.781. The topological polar surface area (TPSA) is 29.5 Å². The first-order valence-corrected chi connectivity index (χ1v) is 10.8. The van der Waals surface area contributed by atoms with E-state index >= 15 is 0 Å². The van der Waals surface area contributed by atoms with E-state index in [0.717, 1.165) is 31.5 Å². The Morgan fingerprint density at radius 3 is 2.45 bits per heavy atom. The predicted octanol–water partition coefficient (Wildman–Crippen LogP) is 6.25. The normalized spacial score (nSPS) is 17.7. The van der Waals surface area contributed by atoms with E-state index in [1.165, 1.54) is 18.6 Å². The van der Waals surface area contributed by atoms with Gasteiger partial charge in [0.05, 0.1) is 12.2 Å². The zero-order valence-corrected chi connectivity index (χ0v) is 18.0. The average Bonchev–Trinajstić information content (AvgIpc) is 3.53. The van der Waals surface area contributed by atoms with Gasteiger partial charge in [-0.1, -0.05) is 44.2 Å². The number of ketones is 1. The van der Waals surface area contributed by atoms with Crippen LogP contribution in [0.2, 0.25) is 0 Å². The maximum absolute atomic E-state index is 14.2. The molecule has 0 aromatic heterocycles. The number of rotatable bonds is 7. The highest BCUT2D eigenvalue weighted by Gasteiger charge is 2.33. The molecule has 0 amide bonds. The third kappa shape index (κ3) is 5.05. The van der Waals surface area contributed by atoms with E-state index in [9.17, 15) is 9.18 Å². The van der Waals surface area contributed by atoms with Gasteiger partial charge in [0, 0.05) is 32.5 Å². The SMILES string of the molecule is CC.CC(=O)c1cc(C2CC2)c(OCC2CN([C@@H](C)c3ccccc3)C2)cc1F.[HH]. The molecule has 2 aromatic carbocycles. The van der Waals surface area contributed by atoms with E-state index in [4.69, 9.17) is 4.74 Å². The van der Waals surface area contributed by atoms with E-state index in [1.54, 1.807) is 6.07 Å². The van der Waals surface area contributed by atoms with Gasteiger partial charge in [-0.25, -0.2) is 4.39 Å². The molecule has 1 aliphatic carbocycles. The van der Waals surface area contributed by atoms with Crippen molar-refractivity contribution >= 4 is 5.78 Å². The van der Waals surface area contributed by atoms with Gasteiger partial charge in [-0.2, -0.15) is 0 Å². The average molecular weight is 400 g/mol. The van der Waals surface area contributed by atoms with Gasteiger partial charge in [-0.3, -0.25) is 9.69 Å². The van der Waals surface area contributed by atoms with Crippen LogP contribution in [-0.4, -0.2) is 30.4 Å². The molecule has 0 bridgehead atoms. The second-order valence-electron chi connectivity index (χ2n) is 7.92.